The molecule has 1 spiro atoms. The van der Waals surface area contributed by atoms with Crippen LogP contribution in [0.4, 0.5) is 0 Å². The van der Waals surface area contributed by atoms with E-state index in [0.29, 0.717) is 11.4 Å². The maximum Gasteiger partial charge on any atom is 0.244 e. The summed E-state index contributed by atoms with van der Waals surface area (Å²) in [6.45, 7) is 10.7. The summed E-state index contributed by atoms with van der Waals surface area (Å²) in [7, 11) is -3.50. The molecule has 3 rings (SSSR count). The number of benzene rings is 1. The predicted octanol–water partition coefficient (Wildman–Crippen LogP) is 5.29. The zero-order valence-electron chi connectivity index (χ0n) is 16.9. The lowest BCUT2D eigenvalue weighted by Crippen LogP contribution is -2.37. The lowest BCUT2D eigenvalue weighted by Gasteiger charge is -2.33. The van der Waals surface area contributed by atoms with Crippen LogP contribution in [0.15, 0.2) is 28.7 Å². The lowest BCUT2D eigenvalue weighted by atomic mass is 9.72. The summed E-state index contributed by atoms with van der Waals surface area (Å²) in [5.41, 5.74) is 4.21. The fourth-order valence-corrected chi connectivity index (χ4v) is 7.30. The Labute approximate surface area is 159 Å². The third-order valence-electron chi connectivity index (χ3n) is 6.11. The van der Waals surface area contributed by atoms with Crippen LogP contribution in [0.2, 0.25) is 0 Å². The number of sulfonamides is 1. The zero-order valence-corrected chi connectivity index (χ0v) is 17.7. The second-order valence-corrected chi connectivity index (χ2v) is 10.7. The summed E-state index contributed by atoms with van der Waals surface area (Å²) in [6, 6.07) is 3.97. The molecule has 1 aliphatic carbocycles. The van der Waals surface area contributed by atoms with Gasteiger partial charge in [-0.2, -0.15) is 4.31 Å². The van der Waals surface area contributed by atoms with Crippen LogP contribution in [0.3, 0.4) is 0 Å². The number of aryl methyl sites for hydroxylation is 3. The maximum atomic E-state index is 13.7. The Balaban J connectivity index is 2.05. The molecule has 0 radical (unpaired) electrons. The first-order valence-electron chi connectivity index (χ1n) is 9.89. The van der Waals surface area contributed by atoms with E-state index in [0.717, 1.165) is 36.0 Å². The summed E-state index contributed by atoms with van der Waals surface area (Å²) in [6.07, 6.45) is 9.23. The summed E-state index contributed by atoms with van der Waals surface area (Å²) in [5.74, 6) is 0. The maximum absolute atomic E-state index is 13.7. The SMILES string of the molecule is CC(C)=C[C@H]1CC2(CCCCC2)CN1S(=O)(=O)c1c(C)cc(C)cc1C. The molecular weight excluding hydrogens is 342 g/mol. The normalized spacial score (nSPS) is 23.3. The Hall–Kier alpha value is -1.13. The fourth-order valence-electron chi connectivity index (χ4n) is 5.20. The molecule has 3 nitrogen and oxygen atoms in total. The molecule has 1 atom stereocenters. The zero-order chi connectivity index (χ0) is 19.1. The van der Waals surface area contributed by atoms with Gasteiger partial charge in [0.15, 0.2) is 0 Å². The van der Waals surface area contributed by atoms with Gasteiger partial charge in [0.2, 0.25) is 10.0 Å². The molecule has 1 aromatic rings. The lowest BCUT2D eigenvalue weighted by molar-refractivity contribution is 0.205. The van der Waals surface area contributed by atoms with E-state index in [4.69, 9.17) is 0 Å². The highest BCUT2D eigenvalue weighted by molar-refractivity contribution is 7.89. The van der Waals surface area contributed by atoms with Crippen molar-refractivity contribution in [3.05, 3.63) is 40.5 Å². The van der Waals surface area contributed by atoms with E-state index in [1.807, 2.05) is 37.2 Å². The van der Waals surface area contributed by atoms with E-state index in [2.05, 4.69) is 19.9 Å². The average molecular weight is 376 g/mol. The molecule has 144 valence electrons. The van der Waals surface area contributed by atoms with Gasteiger partial charge < -0.3 is 0 Å². The van der Waals surface area contributed by atoms with E-state index in [9.17, 15) is 8.42 Å². The molecule has 1 saturated heterocycles. The summed E-state index contributed by atoms with van der Waals surface area (Å²) < 4.78 is 29.2. The monoisotopic (exact) mass is 375 g/mol. The molecule has 0 bridgehead atoms. The van der Waals surface area contributed by atoms with Crippen LogP contribution in [0, 0.1) is 26.2 Å². The van der Waals surface area contributed by atoms with Crippen molar-refractivity contribution in [1.29, 1.82) is 0 Å². The van der Waals surface area contributed by atoms with Crippen molar-refractivity contribution in [1.82, 2.24) is 4.31 Å². The van der Waals surface area contributed by atoms with Crippen molar-refractivity contribution >= 4 is 10.0 Å². The molecule has 2 aliphatic rings. The average Bonchev–Trinajstić information content (AvgIpc) is 2.84. The first-order chi connectivity index (χ1) is 12.1. The fraction of sp³-hybridized carbons (Fsp3) is 0.636. The van der Waals surface area contributed by atoms with E-state index in [1.54, 1.807) is 0 Å². The van der Waals surface area contributed by atoms with Gasteiger partial charge in [-0.3, -0.25) is 0 Å². The number of allylic oxidation sites excluding steroid dienone is 1. The number of hydrogen-bond donors (Lipinski definition) is 0. The molecule has 4 heteroatoms. The second kappa shape index (κ2) is 7.12. The van der Waals surface area contributed by atoms with Crippen LogP contribution in [0.5, 0.6) is 0 Å². The Kier molecular flexibility index (Phi) is 5.38. The van der Waals surface area contributed by atoms with Crippen molar-refractivity contribution in [2.45, 2.75) is 84.1 Å². The molecule has 2 fully saturated rings. The largest absolute Gasteiger partial charge is 0.244 e. The molecule has 1 aliphatic heterocycles. The molecule has 0 aromatic heterocycles. The number of rotatable bonds is 3. The molecule has 1 aromatic carbocycles. The predicted molar refractivity (Wildman–Crippen MR) is 108 cm³/mol. The van der Waals surface area contributed by atoms with E-state index in [-0.39, 0.29) is 11.5 Å². The highest BCUT2D eigenvalue weighted by Gasteiger charge is 2.48. The quantitative estimate of drug-likeness (QED) is 0.673. The van der Waals surface area contributed by atoms with Crippen LogP contribution in [0.1, 0.15) is 69.1 Å². The molecule has 1 saturated carbocycles. The molecule has 0 N–H and O–H groups in total. The molecule has 0 amide bonds. The Morgan fingerprint density at radius 2 is 1.65 bits per heavy atom. The van der Waals surface area contributed by atoms with Gasteiger partial charge in [0.05, 0.1) is 4.90 Å². The summed E-state index contributed by atoms with van der Waals surface area (Å²) >= 11 is 0. The van der Waals surface area contributed by atoms with Crippen LogP contribution >= 0.6 is 0 Å². The minimum Gasteiger partial charge on any atom is -0.207 e. The van der Waals surface area contributed by atoms with Crippen molar-refractivity contribution in [2.75, 3.05) is 6.54 Å². The van der Waals surface area contributed by atoms with E-state index >= 15 is 0 Å². The topological polar surface area (TPSA) is 37.4 Å². The highest BCUT2D eigenvalue weighted by Crippen LogP contribution is 2.48. The molecular formula is C22H33NO2S. The minimum absolute atomic E-state index is 0.0109. The van der Waals surface area contributed by atoms with Gasteiger partial charge in [0.25, 0.3) is 0 Å². The minimum atomic E-state index is -3.50. The summed E-state index contributed by atoms with van der Waals surface area (Å²) in [5, 5.41) is 0. The van der Waals surface area contributed by atoms with Crippen molar-refractivity contribution in [3.8, 4) is 0 Å². The molecule has 1 heterocycles. The van der Waals surface area contributed by atoms with Crippen LogP contribution < -0.4 is 0 Å². The first kappa shape index (κ1) is 19.6. The highest BCUT2D eigenvalue weighted by atomic mass is 32.2. The van der Waals surface area contributed by atoms with Gasteiger partial charge in [-0.25, -0.2) is 8.42 Å². The second-order valence-electron chi connectivity index (χ2n) is 8.85. The van der Waals surface area contributed by atoms with Crippen molar-refractivity contribution in [3.63, 3.8) is 0 Å². The molecule has 26 heavy (non-hydrogen) atoms. The van der Waals surface area contributed by atoms with Crippen molar-refractivity contribution < 1.29 is 8.42 Å². The summed E-state index contributed by atoms with van der Waals surface area (Å²) in [4.78, 5) is 0.517. The first-order valence-corrected chi connectivity index (χ1v) is 11.3. The van der Waals surface area contributed by atoms with Gasteiger partial charge in [-0.05, 0) is 70.4 Å². The third kappa shape index (κ3) is 3.63. The Morgan fingerprint density at radius 1 is 1.08 bits per heavy atom. The number of nitrogens with zero attached hydrogens (tertiary/aromatic N) is 1. The smallest absolute Gasteiger partial charge is 0.207 e. The Morgan fingerprint density at radius 3 is 2.19 bits per heavy atom. The number of hydrogen-bond acceptors (Lipinski definition) is 2. The molecule has 0 unspecified atom stereocenters. The van der Waals surface area contributed by atoms with E-state index < -0.39 is 10.0 Å². The third-order valence-corrected chi connectivity index (χ3v) is 8.29. The van der Waals surface area contributed by atoms with Crippen LogP contribution in [-0.2, 0) is 10.0 Å². The standard InChI is InChI=1S/C22H33NO2S/c1-16(2)11-20-14-22(9-7-6-8-10-22)15-23(20)26(24,25)21-18(4)12-17(3)13-19(21)5/h11-13,20H,6-10,14-15H2,1-5H3/t20-/m0/s1. The van der Waals surface area contributed by atoms with Gasteiger partial charge in [0, 0.05) is 12.6 Å². The van der Waals surface area contributed by atoms with Crippen molar-refractivity contribution in [2.24, 2.45) is 5.41 Å². The van der Waals surface area contributed by atoms with Gasteiger partial charge in [-0.15, -0.1) is 0 Å². The van der Waals surface area contributed by atoms with E-state index in [1.165, 1.54) is 24.8 Å². The Bertz CT molecular complexity index is 790. The van der Waals surface area contributed by atoms with Gasteiger partial charge in [-0.1, -0.05) is 48.6 Å². The van der Waals surface area contributed by atoms with Crippen LogP contribution in [-0.4, -0.2) is 25.3 Å². The van der Waals surface area contributed by atoms with Gasteiger partial charge in [0.1, 0.15) is 0 Å². The van der Waals surface area contributed by atoms with Gasteiger partial charge >= 0.3 is 0 Å². The van der Waals surface area contributed by atoms with Crippen LogP contribution in [0.25, 0.3) is 0 Å².